The number of rotatable bonds is 6. The average molecular weight is 224 g/mol. The normalized spacial score (nSPS) is 24.9. The zero-order chi connectivity index (χ0) is 11.4. The van der Waals surface area contributed by atoms with Crippen molar-refractivity contribution >= 4 is 0 Å². The summed E-state index contributed by atoms with van der Waals surface area (Å²) in [5.74, 6) is 2.01. The van der Waals surface area contributed by atoms with Crippen LogP contribution in [0.2, 0.25) is 0 Å². The molecule has 0 amide bonds. The fourth-order valence-electron chi connectivity index (χ4n) is 3.00. The molecule has 1 atom stereocenters. The van der Waals surface area contributed by atoms with Crippen molar-refractivity contribution in [1.29, 1.82) is 0 Å². The van der Waals surface area contributed by atoms with Crippen LogP contribution in [0, 0.1) is 11.8 Å². The molecule has 0 aromatic heterocycles. The van der Waals surface area contributed by atoms with Crippen molar-refractivity contribution in [1.82, 2.24) is 10.2 Å². The molecule has 0 bridgehead atoms. The molecule has 1 saturated heterocycles. The predicted molar refractivity (Wildman–Crippen MR) is 69.6 cm³/mol. The monoisotopic (exact) mass is 224 g/mol. The molecule has 1 N–H and O–H groups in total. The van der Waals surface area contributed by atoms with E-state index in [1.54, 1.807) is 0 Å². The third-order valence-corrected chi connectivity index (χ3v) is 4.35. The zero-order valence-corrected chi connectivity index (χ0v) is 11.0. The molecule has 1 aliphatic carbocycles. The second-order valence-electron chi connectivity index (χ2n) is 5.81. The SMILES string of the molecule is CCN(CC1CCNCC1)C(C)CC1CC1. The first kappa shape index (κ1) is 12.4. The van der Waals surface area contributed by atoms with Crippen molar-refractivity contribution < 1.29 is 0 Å². The van der Waals surface area contributed by atoms with Crippen LogP contribution in [0.1, 0.15) is 46.0 Å². The van der Waals surface area contributed by atoms with E-state index in [1.165, 1.54) is 58.3 Å². The van der Waals surface area contributed by atoms with Gasteiger partial charge in [-0.05, 0) is 57.7 Å². The molecule has 2 nitrogen and oxygen atoms in total. The van der Waals surface area contributed by atoms with E-state index in [-0.39, 0.29) is 0 Å². The van der Waals surface area contributed by atoms with Crippen molar-refractivity contribution in [2.75, 3.05) is 26.2 Å². The molecule has 2 aliphatic rings. The Hall–Kier alpha value is -0.0800. The number of hydrogen-bond donors (Lipinski definition) is 1. The molecule has 0 aromatic rings. The van der Waals surface area contributed by atoms with Gasteiger partial charge in [-0.3, -0.25) is 0 Å². The van der Waals surface area contributed by atoms with Crippen LogP contribution in [0.25, 0.3) is 0 Å². The lowest BCUT2D eigenvalue weighted by Crippen LogP contribution is -2.40. The maximum atomic E-state index is 3.46. The van der Waals surface area contributed by atoms with Crippen LogP contribution in [-0.4, -0.2) is 37.1 Å². The van der Waals surface area contributed by atoms with E-state index in [1.807, 2.05) is 0 Å². The smallest absolute Gasteiger partial charge is 0.00695 e. The summed E-state index contributed by atoms with van der Waals surface area (Å²) >= 11 is 0. The molecule has 0 aromatic carbocycles. The fraction of sp³-hybridized carbons (Fsp3) is 1.00. The minimum Gasteiger partial charge on any atom is -0.317 e. The largest absolute Gasteiger partial charge is 0.317 e. The lowest BCUT2D eigenvalue weighted by atomic mass is 9.96. The van der Waals surface area contributed by atoms with E-state index >= 15 is 0 Å². The van der Waals surface area contributed by atoms with Crippen LogP contribution in [0.15, 0.2) is 0 Å². The minimum absolute atomic E-state index is 0.812. The van der Waals surface area contributed by atoms with Gasteiger partial charge in [0.1, 0.15) is 0 Å². The Bertz CT molecular complexity index is 195. The van der Waals surface area contributed by atoms with Crippen LogP contribution in [0.5, 0.6) is 0 Å². The maximum Gasteiger partial charge on any atom is 0.00695 e. The van der Waals surface area contributed by atoms with E-state index in [0.717, 1.165) is 17.9 Å². The van der Waals surface area contributed by atoms with Crippen LogP contribution < -0.4 is 5.32 Å². The van der Waals surface area contributed by atoms with Gasteiger partial charge in [0.2, 0.25) is 0 Å². The molecule has 0 radical (unpaired) electrons. The van der Waals surface area contributed by atoms with Crippen LogP contribution in [-0.2, 0) is 0 Å². The van der Waals surface area contributed by atoms with Gasteiger partial charge in [-0.25, -0.2) is 0 Å². The van der Waals surface area contributed by atoms with Crippen molar-refractivity contribution in [2.24, 2.45) is 11.8 Å². The average Bonchev–Trinajstić information content (AvgIpc) is 3.11. The Morgan fingerprint density at radius 3 is 2.38 bits per heavy atom. The van der Waals surface area contributed by atoms with Gasteiger partial charge in [-0.15, -0.1) is 0 Å². The Morgan fingerprint density at radius 2 is 1.81 bits per heavy atom. The molecule has 1 unspecified atom stereocenters. The van der Waals surface area contributed by atoms with E-state index in [9.17, 15) is 0 Å². The summed E-state index contributed by atoms with van der Waals surface area (Å²) in [7, 11) is 0. The maximum absolute atomic E-state index is 3.46. The molecule has 2 rings (SSSR count). The van der Waals surface area contributed by atoms with E-state index in [0.29, 0.717) is 0 Å². The molecule has 1 aliphatic heterocycles. The van der Waals surface area contributed by atoms with Crippen LogP contribution in [0.4, 0.5) is 0 Å². The van der Waals surface area contributed by atoms with Gasteiger partial charge in [0.15, 0.2) is 0 Å². The number of hydrogen-bond acceptors (Lipinski definition) is 2. The second kappa shape index (κ2) is 6.02. The topological polar surface area (TPSA) is 15.3 Å². The van der Waals surface area contributed by atoms with Gasteiger partial charge in [0.05, 0.1) is 0 Å². The first-order chi connectivity index (χ1) is 7.79. The van der Waals surface area contributed by atoms with Crippen molar-refractivity contribution in [3.63, 3.8) is 0 Å². The van der Waals surface area contributed by atoms with E-state index in [4.69, 9.17) is 0 Å². The highest BCUT2D eigenvalue weighted by Crippen LogP contribution is 2.34. The van der Waals surface area contributed by atoms with Crippen molar-refractivity contribution in [2.45, 2.75) is 52.0 Å². The Morgan fingerprint density at radius 1 is 1.12 bits per heavy atom. The van der Waals surface area contributed by atoms with Gasteiger partial charge < -0.3 is 10.2 Å². The van der Waals surface area contributed by atoms with Gasteiger partial charge >= 0.3 is 0 Å². The number of nitrogens with one attached hydrogen (secondary N) is 1. The minimum atomic E-state index is 0.812. The van der Waals surface area contributed by atoms with Crippen LogP contribution >= 0.6 is 0 Å². The molecule has 1 heterocycles. The first-order valence-electron chi connectivity index (χ1n) is 7.24. The fourth-order valence-corrected chi connectivity index (χ4v) is 3.00. The summed E-state index contributed by atoms with van der Waals surface area (Å²) in [6.45, 7) is 9.80. The highest BCUT2D eigenvalue weighted by molar-refractivity contribution is 4.81. The first-order valence-corrected chi connectivity index (χ1v) is 7.24. The standard InChI is InChI=1S/C14H28N2/c1-3-16(12(2)10-13-4-5-13)11-14-6-8-15-9-7-14/h12-15H,3-11H2,1-2H3. The molecule has 1 saturated carbocycles. The molecule has 94 valence electrons. The molecule has 2 fully saturated rings. The Kier molecular flexibility index (Phi) is 4.66. The van der Waals surface area contributed by atoms with Crippen molar-refractivity contribution in [3.05, 3.63) is 0 Å². The zero-order valence-electron chi connectivity index (χ0n) is 11.0. The number of piperidine rings is 1. The van der Waals surface area contributed by atoms with E-state index < -0.39 is 0 Å². The molecule has 0 spiro atoms. The highest BCUT2D eigenvalue weighted by Gasteiger charge is 2.27. The van der Waals surface area contributed by atoms with E-state index in [2.05, 4.69) is 24.1 Å². The Balaban J connectivity index is 1.73. The Labute approximate surface area is 101 Å². The van der Waals surface area contributed by atoms with Gasteiger partial charge in [0, 0.05) is 12.6 Å². The quantitative estimate of drug-likeness (QED) is 0.746. The third-order valence-electron chi connectivity index (χ3n) is 4.35. The summed E-state index contributed by atoms with van der Waals surface area (Å²) < 4.78 is 0. The third kappa shape index (κ3) is 3.74. The summed E-state index contributed by atoms with van der Waals surface area (Å²) in [6, 6.07) is 0.812. The van der Waals surface area contributed by atoms with Crippen molar-refractivity contribution in [3.8, 4) is 0 Å². The summed E-state index contributed by atoms with van der Waals surface area (Å²) in [4.78, 5) is 2.72. The lowest BCUT2D eigenvalue weighted by Gasteiger charge is -2.33. The van der Waals surface area contributed by atoms with Crippen LogP contribution in [0.3, 0.4) is 0 Å². The number of nitrogens with zero attached hydrogens (tertiary/aromatic N) is 1. The molecule has 16 heavy (non-hydrogen) atoms. The summed E-state index contributed by atoms with van der Waals surface area (Å²) in [5, 5.41) is 3.46. The summed E-state index contributed by atoms with van der Waals surface area (Å²) in [6.07, 6.45) is 7.20. The second-order valence-corrected chi connectivity index (χ2v) is 5.81. The van der Waals surface area contributed by atoms with Gasteiger partial charge in [-0.2, -0.15) is 0 Å². The lowest BCUT2D eigenvalue weighted by molar-refractivity contribution is 0.158. The molecular formula is C14H28N2. The van der Waals surface area contributed by atoms with Gasteiger partial charge in [0.25, 0.3) is 0 Å². The van der Waals surface area contributed by atoms with Gasteiger partial charge in [-0.1, -0.05) is 19.8 Å². The molecule has 2 heteroatoms. The highest BCUT2D eigenvalue weighted by atomic mass is 15.1. The summed E-state index contributed by atoms with van der Waals surface area (Å²) in [5.41, 5.74) is 0. The molecular weight excluding hydrogens is 196 g/mol. The predicted octanol–water partition coefficient (Wildman–Crippen LogP) is 2.50.